The second-order valence-electron chi connectivity index (χ2n) is 9.20. The molecule has 2 aromatic heterocycles. The summed E-state index contributed by atoms with van der Waals surface area (Å²) in [4.78, 5) is 18.2. The molecule has 0 amide bonds. The normalized spacial score (nSPS) is 11.6. The number of rotatable bonds is 6. The number of aryl methyl sites for hydroxylation is 1. The number of nitrogens with zero attached hydrogens (tertiary/aromatic N) is 3. The van der Waals surface area contributed by atoms with Crippen LogP contribution in [0.3, 0.4) is 0 Å². The van der Waals surface area contributed by atoms with Crippen LogP contribution in [0.25, 0.3) is 33.5 Å². The molecule has 0 unspecified atom stereocenters. The maximum absolute atomic E-state index is 13.5. The monoisotopic (exact) mass is 587 g/mol. The highest BCUT2D eigenvalue weighted by Gasteiger charge is 2.17. The zero-order valence-electron chi connectivity index (χ0n) is 21.1. The standard InChI is InChI=1S/C31H20Cl3N3O3/c1-18-5-4-6-19(11-18)17-39-29-24(33)12-20(13-25(29)34)16-35-37-30(36-26-8-3-2-7-23(26)31(37)38)28-15-21-14-22(32)9-10-27(21)40-28/h2-16H,17H2,1H3. The van der Waals surface area contributed by atoms with Gasteiger partial charge in [-0.2, -0.15) is 9.78 Å². The number of hydrogen-bond donors (Lipinski definition) is 0. The molecule has 0 spiro atoms. The largest absolute Gasteiger partial charge is 0.486 e. The number of halogens is 3. The summed E-state index contributed by atoms with van der Waals surface area (Å²) >= 11 is 19.2. The molecular formula is C31H20Cl3N3O3. The van der Waals surface area contributed by atoms with E-state index in [1.165, 1.54) is 10.9 Å². The zero-order chi connectivity index (χ0) is 27.8. The highest BCUT2D eigenvalue weighted by Crippen LogP contribution is 2.35. The van der Waals surface area contributed by atoms with Crippen LogP contribution in [0.4, 0.5) is 0 Å². The van der Waals surface area contributed by atoms with Gasteiger partial charge in [-0.3, -0.25) is 4.79 Å². The van der Waals surface area contributed by atoms with Crippen LogP contribution < -0.4 is 10.3 Å². The fraction of sp³-hybridized carbons (Fsp3) is 0.0645. The van der Waals surface area contributed by atoms with Crippen molar-refractivity contribution in [2.24, 2.45) is 5.10 Å². The van der Waals surface area contributed by atoms with Crippen molar-refractivity contribution in [1.82, 2.24) is 9.66 Å². The third-order valence-electron chi connectivity index (χ3n) is 6.26. The van der Waals surface area contributed by atoms with E-state index in [1.807, 2.05) is 37.3 Å². The van der Waals surface area contributed by atoms with Gasteiger partial charge in [0.05, 0.1) is 27.2 Å². The van der Waals surface area contributed by atoms with Gasteiger partial charge in [0, 0.05) is 10.4 Å². The molecule has 0 radical (unpaired) electrons. The van der Waals surface area contributed by atoms with Gasteiger partial charge in [-0.1, -0.05) is 76.8 Å². The molecule has 0 aliphatic carbocycles. The summed E-state index contributed by atoms with van der Waals surface area (Å²) in [5.74, 6) is 0.976. The van der Waals surface area contributed by atoms with Gasteiger partial charge in [-0.15, -0.1) is 0 Å². The molecule has 0 saturated carbocycles. The van der Waals surface area contributed by atoms with E-state index in [-0.39, 0.29) is 11.4 Å². The van der Waals surface area contributed by atoms with Gasteiger partial charge in [0.2, 0.25) is 5.82 Å². The summed E-state index contributed by atoms with van der Waals surface area (Å²) in [5, 5.41) is 6.88. The molecule has 0 atom stereocenters. The molecule has 2 heterocycles. The number of para-hydroxylation sites is 1. The van der Waals surface area contributed by atoms with E-state index >= 15 is 0 Å². The third-order valence-corrected chi connectivity index (χ3v) is 7.06. The average molecular weight is 589 g/mol. The Hall–Kier alpha value is -4.10. The van der Waals surface area contributed by atoms with Gasteiger partial charge in [0.1, 0.15) is 12.2 Å². The topological polar surface area (TPSA) is 69.6 Å². The van der Waals surface area contributed by atoms with Crippen LogP contribution in [0.2, 0.25) is 15.1 Å². The molecule has 6 rings (SSSR count). The summed E-state index contributed by atoms with van der Waals surface area (Å²) in [6.45, 7) is 2.34. The van der Waals surface area contributed by atoms with E-state index in [2.05, 4.69) is 5.10 Å². The highest BCUT2D eigenvalue weighted by atomic mass is 35.5. The number of aromatic nitrogens is 2. The second-order valence-corrected chi connectivity index (χ2v) is 10.4. The minimum Gasteiger partial charge on any atom is -0.486 e. The van der Waals surface area contributed by atoms with Crippen molar-refractivity contribution in [3.63, 3.8) is 0 Å². The Morgan fingerprint density at radius 3 is 2.55 bits per heavy atom. The Labute approximate surface area is 244 Å². The van der Waals surface area contributed by atoms with Crippen LogP contribution in [0, 0.1) is 6.92 Å². The van der Waals surface area contributed by atoms with Crippen molar-refractivity contribution in [2.45, 2.75) is 13.5 Å². The van der Waals surface area contributed by atoms with Crippen LogP contribution >= 0.6 is 34.8 Å². The number of hydrogen-bond acceptors (Lipinski definition) is 5. The fourth-order valence-electron chi connectivity index (χ4n) is 4.39. The first-order valence-corrected chi connectivity index (χ1v) is 13.4. The average Bonchev–Trinajstić information content (AvgIpc) is 3.35. The first-order valence-electron chi connectivity index (χ1n) is 12.3. The molecule has 6 nitrogen and oxygen atoms in total. The minimum atomic E-state index is -0.356. The first kappa shape index (κ1) is 26.1. The quantitative estimate of drug-likeness (QED) is 0.183. The molecule has 4 aromatic carbocycles. The zero-order valence-corrected chi connectivity index (χ0v) is 23.3. The van der Waals surface area contributed by atoms with Gasteiger partial charge in [0.15, 0.2) is 11.5 Å². The van der Waals surface area contributed by atoms with Gasteiger partial charge < -0.3 is 9.15 Å². The van der Waals surface area contributed by atoms with Crippen LogP contribution in [0.15, 0.2) is 99.2 Å². The number of fused-ring (bicyclic) bond motifs is 2. The smallest absolute Gasteiger partial charge is 0.282 e. The summed E-state index contributed by atoms with van der Waals surface area (Å²) in [6, 6.07) is 25.4. The van der Waals surface area contributed by atoms with Crippen LogP contribution in [0.5, 0.6) is 5.75 Å². The first-order chi connectivity index (χ1) is 19.4. The molecule has 6 aromatic rings. The molecule has 9 heteroatoms. The molecule has 0 aliphatic rings. The van der Waals surface area contributed by atoms with Gasteiger partial charge >= 0.3 is 0 Å². The van der Waals surface area contributed by atoms with Crippen molar-refractivity contribution in [1.29, 1.82) is 0 Å². The lowest BCUT2D eigenvalue weighted by Gasteiger charge is -2.11. The van der Waals surface area contributed by atoms with Gasteiger partial charge in [-0.25, -0.2) is 4.98 Å². The van der Waals surface area contributed by atoms with E-state index in [0.29, 0.717) is 55.2 Å². The molecule has 0 bridgehead atoms. The van der Waals surface area contributed by atoms with E-state index < -0.39 is 0 Å². The lowest BCUT2D eigenvalue weighted by atomic mass is 10.1. The Morgan fingerprint density at radius 1 is 0.950 bits per heavy atom. The molecule has 0 saturated heterocycles. The summed E-state index contributed by atoms with van der Waals surface area (Å²) in [6.07, 6.45) is 1.49. The highest BCUT2D eigenvalue weighted by molar-refractivity contribution is 6.37. The molecular weight excluding hydrogens is 569 g/mol. The molecule has 0 aliphatic heterocycles. The maximum atomic E-state index is 13.5. The third kappa shape index (κ3) is 5.21. The van der Waals surface area contributed by atoms with E-state index in [1.54, 1.807) is 54.6 Å². The second kappa shape index (κ2) is 10.8. The van der Waals surface area contributed by atoms with Gasteiger partial charge in [-0.05, 0) is 66.6 Å². The minimum absolute atomic E-state index is 0.238. The summed E-state index contributed by atoms with van der Waals surface area (Å²) in [7, 11) is 0. The van der Waals surface area contributed by atoms with Crippen molar-refractivity contribution < 1.29 is 9.15 Å². The summed E-state index contributed by atoms with van der Waals surface area (Å²) in [5.41, 5.74) is 3.48. The van der Waals surface area contributed by atoms with Crippen LogP contribution in [0.1, 0.15) is 16.7 Å². The Balaban J connectivity index is 1.38. The van der Waals surface area contributed by atoms with Crippen molar-refractivity contribution in [2.75, 3.05) is 0 Å². The predicted molar refractivity (Wildman–Crippen MR) is 161 cm³/mol. The van der Waals surface area contributed by atoms with Gasteiger partial charge in [0.25, 0.3) is 5.56 Å². The lowest BCUT2D eigenvalue weighted by Crippen LogP contribution is -2.20. The number of ether oxygens (including phenoxy) is 1. The van der Waals surface area contributed by atoms with E-state index in [4.69, 9.17) is 48.9 Å². The Morgan fingerprint density at radius 2 is 1.75 bits per heavy atom. The van der Waals surface area contributed by atoms with Crippen molar-refractivity contribution in [3.8, 4) is 17.3 Å². The number of furan rings is 1. The Kier molecular flexibility index (Phi) is 7.07. The number of benzene rings is 4. The van der Waals surface area contributed by atoms with Crippen molar-refractivity contribution >= 4 is 62.9 Å². The maximum Gasteiger partial charge on any atom is 0.282 e. The molecule has 0 fully saturated rings. The molecule has 0 N–H and O–H groups in total. The van der Waals surface area contributed by atoms with Crippen LogP contribution in [-0.4, -0.2) is 15.9 Å². The molecule has 198 valence electrons. The Bertz CT molecular complexity index is 1970. The van der Waals surface area contributed by atoms with Crippen LogP contribution in [-0.2, 0) is 6.61 Å². The fourth-order valence-corrected chi connectivity index (χ4v) is 5.18. The SMILES string of the molecule is Cc1cccc(COc2c(Cl)cc(C=Nn3c(-c4cc5cc(Cl)ccc5o4)nc4ccccc4c3=O)cc2Cl)c1. The van der Waals surface area contributed by atoms with Crippen molar-refractivity contribution in [3.05, 3.63) is 127 Å². The van der Waals surface area contributed by atoms with E-state index in [0.717, 1.165) is 16.5 Å². The summed E-state index contributed by atoms with van der Waals surface area (Å²) < 4.78 is 13.1. The molecule has 40 heavy (non-hydrogen) atoms. The lowest BCUT2D eigenvalue weighted by molar-refractivity contribution is 0.306. The van der Waals surface area contributed by atoms with E-state index in [9.17, 15) is 4.79 Å². The predicted octanol–water partition coefficient (Wildman–Crippen LogP) is 8.54.